The van der Waals surface area contributed by atoms with E-state index in [1.165, 1.54) is 0 Å². The Morgan fingerprint density at radius 1 is 1.44 bits per heavy atom. The van der Waals surface area contributed by atoms with Gasteiger partial charge in [-0.3, -0.25) is 0 Å². The second-order valence-electron chi connectivity index (χ2n) is 4.75. The van der Waals surface area contributed by atoms with Gasteiger partial charge in [0.05, 0.1) is 24.7 Å². The molecule has 0 saturated carbocycles. The van der Waals surface area contributed by atoms with Gasteiger partial charge in [-0.25, -0.2) is 0 Å². The molecule has 0 radical (unpaired) electrons. The Morgan fingerprint density at radius 2 is 2.11 bits per heavy atom. The van der Waals surface area contributed by atoms with Gasteiger partial charge in [-0.2, -0.15) is 5.26 Å². The van der Waals surface area contributed by atoms with Crippen molar-refractivity contribution in [2.45, 2.75) is 44.8 Å². The van der Waals surface area contributed by atoms with E-state index in [0.29, 0.717) is 25.5 Å². The molecule has 18 heavy (non-hydrogen) atoms. The van der Waals surface area contributed by atoms with Crippen molar-refractivity contribution in [3.63, 3.8) is 0 Å². The van der Waals surface area contributed by atoms with E-state index >= 15 is 0 Å². The standard InChI is InChI=1S/C14H22ClNO2/c1-3-13(12-16,6-5-9-15)7-8-14(4-2)17-10-11-18-14/h4H,2-3,5-11H2,1H3. The zero-order chi connectivity index (χ0) is 13.5. The maximum Gasteiger partial charge on any atom is 0.187 e. The van der Waals surface area contributed by atoms with Gasteiger partial charge < -0.3 is 9.47 Å². The van der Waals surface area contributed by atoms with Crippen molar-refractivity contribution in [1.29, 1.82) is 5.26 Å². The van der Waals surface area contributed by atoms with Gasteiger partial charge in [-0.05, 0) is 31.8 Å². The predicted molar refractivity (Wildman–Crippen MR) is 72.4 cm³/mol. The third kappa shape index (κ3) is 3.71. The third-order valence-electron chi connectivity index (χ3n) is 3.74. The number of hydrogen-bond acceptors (Lipinski definition) is 3. The summed E-state index contributed by atoms with van der Waals surface area (Å²) in [5.41, 5.74) is -0.319. The van der Waals surface area contributed by atoms with Crippen molar-refractivity contribution in [2.75, 3.05) is 19.1 Å². The summed E-state index contributed by atoms with van der Waals surface area (Å²) in [5, 5.41) is 9.43. The quantitative estimate of drug-likeness (QED) is 0.500. The number of alkyl halides is 1. The van der Waals surface area contributed by atoms with E-state index in [2.05, 4.69) is 12.6 Å². The van der Waals surface area contributed by atoms with Crippen LogP contribution in [0.1, 0.15) is 39.0 Å². The molecule has 4 heteroatoms. The maximum absolute atomic E-state index is 9.43. The smallest absolute Gasteiger partial charge is 0.187 e. The molecule has 0 aromatic rings. The van der Waals surface area contributed by atoms with E-state index in [0.717, 1.165) is 25.7 Å². The Labute approximate surface area is 115 Å². The van der Waals surface area contributed by atoms with Gasteiger partial charge >= 0.3 is 0 Å². The number of ether oxygens (including phenoxy) is 2. The molecule has 1 atom stereocenters. The predicted octanol–water partition coefficient (Wildman–Crippen LogP) is 3.63. The van der Waals surface area contributed by atoms with Gasteiger partial charge in [0.25, 0.3) is 0 Å². The summed E-state index contributed by atoms with van der Waals surface area (Å²) in [6.07, 6.45) is 5.67. The molecule has 3 nitrogen and oxygen atoms in total. The maximum atomic E-state index is 9.43. The lowest BCUT2D eigenvalue weighted by Crippen LogP contribution is -2.30. The molecule has 1 rings (SSSR count). The van der Waals surface area contributed by atoms with Crippen LogP contribution in [0.3, 0.4) is 0 Å². The zero-order valence-electron chi connectivity index (χ0n) is 11.1. The molecule has 1 unspecified atom stereocenters. The van der Waals surface area contributed by atoms with Crippen LogP contribution < -0.4 is 0 Å². The Balaban J connectivity index is 2.61. The van der Waals surface area contributed by atoms with Gasteiger partial charge in [0.1, 0.15) is 0 Å². The summed E-state index contributed by atoms with van der Waals surface area (Å²) < 4.78 is 11.2. The molecule has 0 bridgehead atoms. The molecule has 1 aliphatic heterocycles. The summed E-state index contributed by atoms with van der Waals surface area (Å²) in [6.45, 7) is 7.02. The van der Waals surface area contributed by atoms with Crippen molar-refractivity contribution in [3.8, 4) is 6.07 Å². The van der Waals surface area contributed by atoms with E-state index in [4.69, 9.17) is 21.1 Å². The fraction of sp³-hybridized carbons (Fsp3) is 0.786. The minimum atomic E-state index is -0.682. The molecule has 0 aliphatic carbocycles. The normalized spacial score (nSPS) is 21.2. The number of nitriles is 1. The molecular weight excluding hydrogens is 250 g/mol. The van der Waals surface area contributed by atoms with E-state index in [-0.39, 0.29) is 5.41 Å². The van der Waals surface area contributed by atoms with Crippen molar-refractivity contribution < 1.29 is 9.47 Å². The van der Waals surface area contributed by atoms with Crippen molar-refractivity contribution in [2.24, 2.45) is 5.41 Å². The van der Waals surface area contributed by atoms with E-state index in [9.17, 15) is 5.26 Å². The second kappa shape index (κ2) is 7.13. The second-order valence-corrected chi connectivity index (χ2v) is 5.13. The van der Waals surface area contributed by atoms with E-state index in [1.807, 2.05) is 6.92 Å². The highest BCUT2D eigenvalue weighted by molar-refractivity contribution is 6.17. The Kier molecular flexibility index (Phi) is 6.14. The van der Waals surface area contributed by atoms with Gasteiger partial charge in [-0.15, -0.1) is 11.6 Å². The average molecular weight is 272 g/mol. The Morgan fingerprint density at radius 3 is 2.56 bits per heavy atom. The fourth-order valence-corrected chi connectivity index (χ4v) is 2.46. The van der Waals surface area contributed by atoms with E-state index in [1.54, 1.807) is 6.08 Å². The van der Waals surface area contributed by atoms with Crippen LogP contribution in [0.5, 0.6) is 0 Å². The lowest BCUT2D eigenvalue weighted by atomic mass is 9.77. The first kappa shape index (κ1) is 15.5. The lowest BCUT2D eigenvalue weighted by Gasteiger charge is -2.30. The van der Waals surface area contributed by atoms with E-state index < -0.39 is 5.79 Å². The molecule has 0 N–H and O–H groups in total. The van der Waals surface area contributed by atoms with Crippen molar-refractivity contribution >= 4 is 11.6 Å². The Bertz CT molecular complexity index is 307. The van der Waals surface area contributed by atoms with Crippen LogP contribution in [0.4, 0.5) is 0 Å². The molecule has 1 fully saturated rings. The van der Waals surface area contributed by atoms with Gasteiger partial charge in [0.15, 0.2) is 5.79 Å². The molecule has 0 aromatic heterocycles. The van der Waals surface area contributed by atoms with Crippen LogP contribution in [-0.4, -0.2) is 24.9 Å². The third-order valence-corrected chi connectivity index (χ3v) is 4.01. The molecule has 0 spiro atoms. The average Bonchev–Trinajstić information content (AvgIpc) is 2.89. The lowest BCUT2D eigenvalue weighted by molar-refractivity contribution is -0.125. The van der Waals surface area contributed by atoms with Crippen LogP contribution in [0.2, 0.25) is 0 Å². The summed E-state index contributed by atoms with van der Waals surface area (Å²) in [5.74, 6) is -0.0821. The van der Waals surface area contributed by atoms with Crippen LogP contribution >= 0.6 is 11.6 Å². The monoisotopic (exact) mass is 271 g/mol. The van der Waals surface area contributed by atoms with Gasteiger partial charge in [0, 0.05) is 12.3 Å². The topological polar surface area (TPSA) is 42.2 Å². The minimum Gasteiger partial charge on any atom is -0.344 e. The van der Waals surface area contributed by atoms with Crippen LogP contribution in [-0.2, 0) is 9.47 Å². The van der Waals surface area contributed by atoms with Crippen molar-refractivity contribution in [3.05, 3.63) is 12.7 Å². The molecule has 1 aliphatic rings. The summed E-state index contributed by atoms with van der Waals surface area (Å²) in [6, 6.07) is 2.46. The number of halogens is 1. The highest BCUT2D eigenvalue weighted by Gasteiger charge is 2.37. The first-order valence-corrected chi connectivity index (χ1v) is 7.08. The SMILES string of the molecule is C=CC1(CCC(C#N)(CC)CCCCl)OCCO1. The molecule has 102 valence electrons. The fourth-order valence-electron chi connectivity index (χ4n) is 2.32. The largest absolute Gasteiger partial charge is 0.344 e. The van der Waals surface area contributed by atoms with Gasteiger partial charge in [-0.1, -0.05) is 13.5 Å². The molecule has 1 heterocycles. The van der Waals surface area contributed by atoms with Crippen LogP contribution in [0.15, 0.2) is 12.7 Å². The first-order valence-electron chi connectivity index (χ1n) is 6.54. The Hall–Kier alpha value is -0.560. The molecule has 0 amide bonds. The zero-order valence-corrected chi connectivity index (χ0v) is 11.8. The molecule has 0 aromatic carbocycles. The number of hydrogen-bond donors (Lipinski definition) is 0. The molecular formula is C14H22ClNO2. The van der Waals surface area contributed by atoms with Gasteiger partial charge in [0.2, 0.25) is 0 Å². The first-order chi connectivity index (χ1) is 8.66. The number of rotatable bonds is 8. The van der Waals surface area contributed by atoms with Crippen LogP contribution in [0, 0.1) is 16.7 Å². The summed E-state index contributed by atoms with van der Waals surface area (Å²) in [4.78, 5) is 0. The highest BCUT2D eigenvalue weighted by Crippen LogP contribution is 2.37. The summed E-state index contributed by atoms with van der Waals surface area (Å²) >= 11 is 5.73. The van der Waals surface area contributed by atoms with Crippen LogP contribution in [0.25, 0.3) is 0 Å². The molecule has 1 saturated heterocycles. The minimum absolute atomic E-state index is 0.319. The summed E-state index contributed by atoms with van der Waals surface area (Å²) in [7, 11) is 0. The number of nitrogens with zero attached hydrogens (tertiary/aromatic N) is 1. The van der Waals surface area contributed by atoms with Crippen molar-refractivity contribution in [1.82, 2.24) is 0 Å². The highest BCUT2D eigenvalue weighted by atomic mass is 35.5.